The minimum atomic E-state index is -4.03. The van der Waals surface area contributed by atoms with Crippen LogP contribution in [0.5, 0.6) is 5.75 Å². The molecule has 1 aromatic carbocycles. The van der Waals surface area contributed by atoms with E-state index in [1.165, 1.54) is 19.2 Å². The van der Waals surface area contributed by atoms with Gasteiger partial charge in [0.2, 0.25) is 10.0 Å². The van der Waals surface area contributed by atoms with Crippen LogP contribution >= 0.6 is 0 Å². The summed E-state index contributed by atoms with van der Waals surface area (Å²) in [6.45, 7) is 0.0680. The predicted molar refractivity (Wildman–Crippen MR) is 84.8 cm³/mol. The second-order valence-electron chi connectivity index (χ2n) is 5.84. The molecule has 128 valence electrons. The summed E-state index contributed by atoms with van der Waals surface area (Å²) < 4.78 is 32.2. The lowest BCUT2D eigenvalue weighted by atomic mass is 9.83. The van der Waals surface area contributed by atoms with Crippen molar-refractivity contribution in [2.45, 2.75) is 42.5 Å². The zero-order chi connectivity index (χ0) is 17.1. The van der Waals surface area contributed by atoms with Crippen LogP contribution in [0.4, 0.5) is 5.69 Å². The Morgan fingerprint density at radius 2 is 2.00 bits per heavy atom. The van der Waals surface area contributed by atoms with Crippen LogP contribution in [0.25, 0.3) is 0 Å². The van der Waals surface area contributed by atoms with Crippen LogP contribution in [0.15, 0.2) is 23.1 Å². The molecule has 0 bridgehead atoms. The predicted octanol–water partition coefficient (Wildman–Crippen LogP) is 1.54. The summed E-state index contributed by atoms with van der Waals surface area (Å²) in [5.74, 6) is 0.221. The third-order valence-electron chi connectivity index (χ3n) is 4.12. The lowest BCUT2D eigenvalue weighted by Crippen LogP contribution is -2.51. The van der Waals surface area contributed by atoms with Gasteiger partial charge in [-0.1, -0.05) is 19.3 Å². The normalized spacial score (nSPS) is 17.7. The van der Waals surface area contributed by atoms with Crippen LogP contribution in [0.2, 0.25) is 0 Å². The maximum atomic E-state index is 12.4. The van der Waals surface area contributed by atoms with Gasteiger partial charge in [0.25, 0.3) is 5.69 Å². The molecule has 0 saturated heterocycles. The maximum Gasteiger partial charge on any atom is 0.293 e. The van der Waals surface area contributed by atoms with E-state index in [0.29, 0.717) is 0 Å². The number of sulfonamides is 1. The van der Waals surface area contributed by atoms with Gasteiger partial charge in [-0.25, -0.2) is 13.1 Å². The Morgan fingerprint density at radius 1 is 1.35 bits per heavy atom. The number of ether oxygens (including phenoxy) is 1. The fourth-order valence-corrected chi connectivity index (χ4v) is 4.03. The number of nitrogens with one attached hydrogen (secondary N) is 1. The molecular formula is C14H21N3O5S. The number of nitrogens with zero attached hydrogens (tertiary/aromatic N) is 1. The number of nitrogens with two attached hydrogens (primary N) is 1. The minimum Gasteiger partial charge on any atom is -0.497 e. The molecule has 0 atom stereocenters. The smallest absolute Gasteiger partial charge is 0.293 e. The summed E-state index contributed by atoms with van der Waals surface area (Å²) in [5.41, 5.74) is 5.09. The first-order valence-corrected chi connectivity index (χ1v) is 8.87. The number of hydrogen-bond acceptors (Lipinski definition) is 6. The molecule has 0 aliphatic heterocycles. The number of nitro benzene ring substituents is 1. The van der Waals surface area contributed by atoms with Gasteiger partial charge in [-0.3, -0.25) is 10.1 Å². The molecule has 3 N–H and O–H groups in total. The second-order valence-corrected chi connectivity index (χ2v) is 7.57. The van der Waals surface area contributed by atoms with E-state index in [2.05, 4.69) is 4.72 Å². The molecule has 0 heterocycles. The third-order valence-corrected chi connectivity index (χ3v) is 5.56. The van der Waals surface area contributed by atoms with Gasteiger partial charge in [-0.15, -0.1) is 0 Å². The van der Waals surface area contributed by atoms with Crippen molar-refractivity contribution in [1.29, 1.82) is 0 Å². The molecule has 8 nitrogen and oxygen atoms in total. The van der Waals surface area contributed by atoms with Crippen LogP contribution in [-0.2, 0) is 10.0 Å². The minimum absolute atomic E-state index is 0.0680. The highest BCUT2D eigenvalue weighted by Gasteiger charge is 2.32. The standard InChI is InChI=1S/C14H21N3O5S/c1-22-11-5-6-13(12(9-11)17(18)19)23(20,21)16-10-14(15)7-3-2-4-8-14/h5-6,9,16H,2-4,7-8,10,15H2,1H3. The summed E-state index contributed by atoms with van der Waals surface area (Å²) >= 11 is 0. The highest BCUT2D eigenvalue weighted by atomic mass is 32.2. The molecule has 9 heteroatoms. The Hall–Kier alpha value is -1.71. The summed E-state index contributed by atoms with van der Waals surface area (Å²) in [6, 6.07) is 3.64. The first-order valence-electron chi connectivity index (χ1n) is 7.38. The Bertz CT molecular complexity index is 684. The molecule has 1 aliphatic rings. The number of rotatable bonds is 6. The molecule has 0 spiro atoms. The largest absolute Gasteiger partial charge is 0.497 e. The van der Waals surface area contributed by atoms with Crippen molar-refractivity contribution >= 4 is 15.7 Å². The van der Waals surface area contributed by atoms with Crippen LogP contribution in [-0.4, -0.2) is 32.5 Å². The van der Waals surface area contributed by atoms with Gasteiger partial charge in [0.1, 0.15) is 5.75 Å². The molecule has 1 aromatic rings. The van der Waals surface area contributed by atoms with Crippen molar-refractivity contribution in [3.05, 3.63) is 28.3 Å². The first-order chi connectivity index (χ1) is 10.8. The molecule has 1 aliphatic carbocycles. The van der Waals surface area contributed by atoms with Gasteiger partial charge in [0.15, 0.2) is 4.90 Å². The first kappa shape index (κ1) is 17.6. The van der Waals surface area contributed by atoms with Gasteiger partial charge in [0.05, 0.1) is 18.1 Å². The Kier molecular flexibility index (Phi) is 5.23. The van der Waals surface area contributed by atoms with Gasteiger partial charge in [-0.2, -0.15) is 0 Å². The van der Waals surface area contributed by atoms with E-state index in [0.717, 1.165) is 38.2 Å². The Balaban J connectivity index is 2.23. The van der Waals surface area contributed by atoms with Crippen molar-refractivity contribution < 1.29 is 18.1 Å². The summed E-state index contributed by atoms with van der Waals surface area (Å²) in [6.07, 6.45) is 4.48. The SMILES string of the molecule is COc1ccc(S(=O)(=O)NCC2(N)CCCCC2)c([N+](=O)[O-])c1. The fourth-order valence-electron chi connectivity index (χ4n) is 2.74. The third kappa shape index (κ3) is 4.18. The van der Waals surface area contributed by atoms with Crippen LogP contribution in [0.3, 0.4) is 0 Å². The van der Waals surface area contributed by atoms with Gasteiger partial charge >= 0.3 is 0 Å². The molecule has 1 saturated carbocycles. The molecule has 0 radical (unpaired) electrons. The van der Waals surface area contributed by atoms with E-state index < -0.39 is 26.2 Å². The summed E-state index contributed by atoms with van der Waals surface area (Å²) in [5, 5.41) is 11.1. The van der Waals surface area contributed by atoms with Crippen molar-refractivity contribution in [3.8, 4) is 5.75 Å². The Morgan fingerprint density at radius 3 is 2.57 bits per heavy atom. The van der Waals surface area contributed by atoms with E-state index in [-0.39, 0.29) is 17.2 Å². The molecule has 0 unspecified atom stereocenters. The van der Waals surface area contributed by atoms with E-state index in [1.807, 2.05) is 0 Å². The number of methoxy groups -OCH3 is 1. The Labute approximate surface area is 135 Å². The molecule has 0 aromatic heterocycles. The van der Waals surface area contributed by atoms with Crippen LogP contribution < -0.4 is 15.2 Å². The van der Waals surface area contributed by atoms with Crippen LogP contribution in [0, 0.1) is 10.1 Å². The number of nitro groups is 1. The average Bonchev–Trinajstić information content (AvgIpc) is 2.53. The maximum absolute atomic E-state index is 12.4. The van der Waals surface area contributed by atoms with Crippen LogP contribution in [0.1, 0.15) is 32.1 Å². The monoisotopic (exact) mass is 343 g/mol. The highest BCUT2D eigenvalue weighted by molar-refractivity contribution is 7.89. The summed E-state index contributed by atoms with van der Waals surface area (Å²) in [4.78, 5) is 10.0. The average molecular weight is 343 g/mol. The van der Waals surface area contributed by atoms with E-state index in [1.54, 1.807) is 0 Å². The van der Waals surface area contributed by atoms with Gasteiger partial charge in [0, 0.05) is 12.1 Å². The van der Waals surface area contributed by atoms with Gasteiger partial charge < -0.3 is 10.5 Å². The number of benzene rings is 1. The van der Waals surface area contributed by atoms with E-state index in [4.69, 9.17) is 10.5 Å². The van der Waals surface area contributed by atoms with E-state index in [9.17, 15) is 18.5 Å². The molecule has 23 heavy (non-hydrogen) atoms. The lowest BCUT2D eigenvalue weighted by Gasteiger charge is -2.33. The van der Waals surface area contributed by atoms with Gasteiger partial charge in [-0.05, 0) is 25.0 Å². The van der Waals surface area contributed by atoms with Crippen molar-refractivity contribution in [2.24, 2.45) is 5.73 Å². The molecule has 0 amide bonds. The second kappa shape index (κ2) is 6.81. The lowest BCUT2D eigenvalue weighted by molar-refractivity contribution is -0.387. The molecule has 1 fully saturated rings. The quantitative estimate of drug-likeness (QED) is 0.596. The number of hydrogen-bond donors (Lipinski definition) is 2. The van der Waals surface area contributed by atoms with E-state index >= 15 is 0 Å². The van der Waals surface area contributed by atoms with Crippen molar-refractivity contribution in [2.75, 3.05) is 13.7 Å². The summed E-state index contributed by atoms with van der Waals surface area (Å²) in [7, 11) is -2.67. The molecular weight excluding hydrogens is 322 g/mol. The van der Waals surface area contributed by atoms with Crippen molar-refractivity contribution in [1.82, 2.24) is 4.72 Å². The molecule has 2 rings (SSSR count). The topological polar surface area (TPSA) is 125 Å². The van der Waals surface area contributed by atoms with Crippen molar-refractivity contribution in [3.63, 3.8) is 0 Å². The zero-order valence-corrected chi connectivity index (χ0v) is 13.8. The highest BCUT2D eigenvalue weighted by Crippen LogP contribution is 2.29. The fraction of sp³-hybridized carbons (Fsp3) is 0.571. The zero-order valence-electron chi connectivity index (χ0n) is 12.9.